The average molecular weight is 298 g/mol. The molecule has 2 aromatic rings. The molecule has 1 unspecified atom stereocenters. The van der Waals surface area contributed by atoms with E-state index in [4.69, 9.17) is 0 Å². The van der Waals surface area contributed by atoms with Crippen LogP contribution in [0, 0.1) is 0 Å². The second-order valence-corrected chi connectivity index (χ2v) is 5.82. The van der Waals surface area contributed by atoms with E-state index in [-0.39, 0.29) is 0 Å². The van der Waals surface area contributed by atoms with Gasteiger partial charge in [-0.15, -0.1) is 0 Å². The minimum Gasteiger partial charge on any atom is -0.366 e. The van der Waals surface area contributed by atoms with Crippen molar-refractivity contribution in [1.29, 1.82) is 0 Å². The molecule has 3 heterocycles. The summed E-state index contributed by atoms with van der Waals surface area (Å²) >= 11 is 0. The summed E-state index contributed by atoms with van der Waals surface area (Å²) in [7, 11) is 3.90. The van der Waals surface area contributed by atoms with Crippen molar-refractivity contribution in [1.82, 2.24) is 19.9 Å². The van der Waals surface area contributed by atoms with Gasteiger partial charge in [-0.3, -0.25) is 9.88 Å². The molecule has 3 rings (SSSR count). The molecule has 0 radical (unpaired) electrons. The van der Waals surface area contributed by atoms with Gasteiger partial charge in [0, 0.05) is 52.2 Å². The first-order chi connectivity index (χ1) is 10.7. The van der Waals surface area contributed by atoms with Crippen LogP contribution < -0.4 is 10.2 Å². The molecule has 1 saturated heterocycles. The number of aromatic nitrogens is 3. The fourth-order valence-corrected chi connectivity index (χ4v) is 2.67. The second-order valence-electron chi connectivity index (χ2n) is 5.82. The van der Waals surface area contributed by atoms with Crippen LogP contribution in [-0.2, 0) is 6.54 Å². The van der Waals surface area contributed by atoms with Crippen molar-refractivity contribution in [2.24, 2.45) is 0 Å². The largest absolute Gasteiger partial charge is 0.366 e. The van der Waals surface area contributed by atoms with Gasteiger partial charge >= 0.3 is 0 Å². The van der Waals surface area contributed by atoms with Crippen molar-refractivity contribution in [3.8, 4) is 0 Å². The van der Waals surface area contributed by atoms with Gasteiger partial charge in [0.25, 0.3) is 0 Å². The third-order valence-corrected chi connectivity index (χ3v) is 3.78. The summed E-state index contributed by atoms with van der Waals surface area (Å²) in [6.45, 7) is 3.00. The molecule has 1 aliphatic rings. The molecule has 1 fully saturated rings. The standard InChI is InChI=1S/C16H22N6/c1-21(2)16-18-9-6-15(20-16)19-14-7-10-22(12-14)11-13-5-3-4-8-17-13/h3-6,8-9,14H,7,10-12H2,1-2H3,(H,18,19,20). The topological polar surface area (TPSA) is 57.2 Å². The zero-order valence-electron chi connectivity index (χ0n) is 13.1. The van der Waals surface area contributed by atoms with Crippen LogP contribution >= 0.6 is 0 Å². The fraction of sp³-hybridized carbons (Fsp3) is 0.438. The molecule has 1 N–H and O–H groups in total. The molecule has 0 amide bonds. The molecule has 116 valence electrons. The highest BCUT2D eigenvalue weighted by atomic mass is 15.2. The highest BCUT2D eigenvalue weighted by Crippen LogP contribution is 2.17. The summed E-state index contributed by atoms with van der Waals surface area (Å²) in [6.07, 6.45) is 4.77. The normalized spacial score (nSPS) is 18.4. The predicted octanol–water partition coefficient (Wildman–Crippen LogP) is 1.62. The molecule has 0 aromatic carbocycles. The molecule has 0 aliphatic carbocycles. The van der Waals surface area contributed by atoms with Gasteiger partial charge in [-0.05, 0) is 24.6 Å². The summed E-state index contributed by atoms with van der Waals surface area (Å²) in [5.74, 6) is 1.62. The maximum atomic E-state index is 4.52. The first-order valence-corrected chi connectivity index (χ1v) is 7.60. The molecule has 2 aromatic heterocycles. The van der Waals surface area contributed by atoms with Crippen molar-refractivity contribution >= 4 is 11.8 Å². The molecule has 6 nitrogen and oxygen atoms in total. The van der Waals surface area contributed by atoms with Gasteiger partial charge in [-0.25, -0.2) is 4.98 Å². The first kappa shape index (κ1) is 14.7. The lowest BCUT2D eigenvalue weighted by molar-refractivity contribution is 0.324. The van der Waals surface area contributed by atoms with E-state index < -0.39 is 0 Å². The van der Waals surface area contributed by atoms with E-state index in [9.17, 15) is 0 Å². The van der Waals surface area contributed by atoms with Crippen molar-refractivity contribution in [3.05, 3.63) is 42.4 Å². The van der Waals surface area contributed by atoms with Crippen LogP contribution in [0.3, 0.4) is 0 Å². The third-order valence-electron chi connectivity index (χ3n) is 3.78. The summed E-state index contributed by atoms with van der Waals surface area (Å²) in [6, 6.07) is 8.42. The maximum Gasteiger partial charge on any atom is 0.226 e. The molecule has 1 aliphatic heterocycles. The van der Waals surface area contributed by atoms with Gasteiger partial charge in [0.2, 0.25) is 5.95 Å². The number of anilines is 2. The van der Waals surface area contributed by atoms with E-state index in [1.54, 1.807) is 6.20 Å². The van der Waals surface area contributed by atoms with Gasteiger partial charge in [0.05, 0.1) is 5.69 Å². The lowest BCUT2D eigenvalue weighted by atomic mass is 10.2. The van der Waals surface area contributed by atoms with Crippen LogP contribution in [-0.4, -0.2) is 53.1 Å². The Morgan fingerprint density at radius 2 is 2.14 bits per heavy atom. The van der Waals surface area contributed by atoms with Gasteiger partial charge in [-0.2, -0.15) is 4.98 Å². The number of likely N-dealkylation sites (tertiary alicyclic amines) is 1. The predicted molar refractivity (Wildman–Crippen MR) is 87.9 cm³/mol. The van der Waals surface area contributed by atoms with E-state index in [2.05, 4.69) is 31.2 Å². The quantitative estimate of drug-likeness (QED) is 0.905. The van der Waals surface area contributed by atoms with E-state index in [1.807, 2.05) is 43.4 Å². The zero-order valence-corrected chi connectivity index (χ0v) is 13.1. The lowest BCUT2D eigenvalue weighted by Gasteiger charge is -2.17. The zero-order chi connectivity index (χ0) is 15.4. The SMILES string of the molecule is CN(C)c1nccc(NC2CCN(Cc3ccccn3)C2)n1. The highest BCUT2D eigenvalue weighted by Gasteiger charge is 2.23. The van der Waals surface area contributed by atoms with E-state index >= 15 is 0 Å². The van der Waals surface area contributed by atoms with Crippen LogP contribution in [0.25, 0.3) is 0 Å². The molecular weight excluding hydrogens is 276 g/mol. The van der Waals surface area contributed by atoms with E-state index in [0.717, 1.165) is 43.5 Å². The molecular formula is C16H22N6. The van der Waals surface area contributed by atoms with Crippen molar-refractivity contribution in [3.63, 3.8) is 0 Å². The van der Waals surface area contributed by atoms with Crippen molar-refractivity contribution < 1.29 is 0 Å². The van der Waals surface area contributed by atoms with Crippen LogP contribution in [0.4, 0.5) is 11.8 Å². The molecule has 22 heavy (non-hydrogen) atoms. The van der Waals surface area contributed by atoms with Crippen molar-refractivity contribution in [2.75, 3.05) is 37.4 Å². The van der Waals surface area contributed by atoms with Crippen LogP contribution in [0.5, 0.6) is 0 Å². The van der Waals surface area contributed by atoms with Gasteiger partial charge in [0.15, 0.2) is 0 Å². The Morgan fingerprint density at radius 3 is 2.91 bits per heavy atom. The fourth-order valence-electron chi connectivity index (χ4n) is 2.67. The molecule has 0 bridgehead atoms. The number of hydrogen-bond acceptors (Lipinski definition) is 6. The second kappa shape index (κ2) is 6.70. The Balaban J connectivity index is 1.56. The van der Waals surface area contributed by atoms with E-state index in [1.165, 1.54) is 0 Å². The number of nitrogens with one attached hydrogen (secondary N) is 1. The van der Waals surface area contributed by atoms with Crippen molar-refractivity contribution in [2.45, 2.75) is 19.0 Å². The molecule has 0 spiro atoms. The number of rotatable bonds is 5. The Hall–Kier alpha value is -2.21. The Kier molecular flexibility index (Phi) is 4.48. The highest BCUT2D eigenvalue weighted by molar-refractivity contribution is 5.41. The number of nitrogens with zero attached hydrogens (tertiary/aromatic N) is 5. The number of hydrogen-bond donors (Lipinski definition) is 1. The maximum absolute atomic E-state index is 4.52. The molecule has 1 atom stereocenters. The Labute approximate surface area is 131 Å². The van der Waals surface area contributed by atoms with Crippen LogP contribution in [0.15, 0.2) is 36.7 Å². The third kappa shape index (κ3) is 3.71. The lowest BCUT2D eigenvalue weighted by Crippen LogP contribution is -2.26. The Morgan fingerprint density at radius 1 is 1.23 bits per heavy atom. The van der Waals surface area contributed by atoms with Crippen LogP contribution in [0.1, 0.15) is 12.1 Å². The smallest absolute Gasteiger partial charge is 0.226 e. The first-order valence-electron chi connectivity index (χ1n) is 7.60. The van der Waals surface area contributed by atoms with Gasteiger partial charge < -0.3 is 10.2 Å². The average Bonchev–Trinajstić information content (AvgIpc) is 2.95. The summed E-state index contributed by atoms with van der Waals surface area (Å²) in [4.78, 5) is 17.5. The minimum atomic E-state index is 0.425. The number of pyridine rings is 1. The van der Waals surface area contributed by atoms with E-state index in [0.29, 0.717) is 6.04 Å². The minimum absolute atomic E-state index is 0.425. The molecule has 6 heteroatoms. The summed E-state index contributed by atoms with van der Waals surface area (Å²) < 4.78 is 0. The monoisotopic (exact) mass is 298 g/mol. The van der Waals surface area contributed by atoms with Crippen LogP contribution in [0.2, 0.25) is 0 Å². The van der Waals surface area contributed by atoms with Gasteiger partial charge in [-0.1, -0.05) is 6.07 Å². The summed E-state index contributed by atoms with van der Waals surface area (Å²) in [5, 5.41) is 3.51. The molecule has 0 saturated carbocycles. The summed E-state index contributed by atoms with van der Waals surface area (Å²) in [5.41, 5.74) is 1.13. The van der Waals surface area contributed by atoms with Gasteiger partial charge in [0.1, 0.15) is 5.82 Å². The Bertz CT molecular complexity index is 601.